The quantitative estimate of drug-likeness (QED) is 0.700. The van der Waals surface area contributed by atoms with Crippen molar-refractivity contribution in [2.45, 2.75) is 6.42 Å². The lowest BCUT2D eigenvalue weighted by Gasteiger charge is -2.26. The van der Waals surface area contributed by atoms with Crippen LogP contribution in [-0.4, -0.2) is 57.4 Å². The Morgan fingerprint density at radius 3 is 2.71 bits per heavy atom. The monoisotopic (exact) mass is 450 g/mol. The van der Waals surface area contributed by atoms with Crippen LogP contribution in [0.4, 0.5) is 4.39 Å². The van der Waals surface area contributed by atoms with Gasteiger partial charge < -0.3 is 24.8 Å². The summed E-state index contributed by atoms with van der Waals surface area (Å²) in [5.74, 6) is 0.352. The van der Waals surface area contributed by atoms with Crippen LogP contribution in [0.2, 0.25) is 0 Å². The molecule has 0 aromatic heterocycles. The van der Waals surface area contributed by atoms with Gasteiger partial charge in [-0.05, 0) is 48.9 Å². The first-order valence-electron chi connectivity index (χ1n) is 10.2. The summed E-state index contributed by atoms with van der Waals surface area (Å²) in [5.41, 5.74) is 6.50. The molecule has 0 bridgehead atoms. The van der Waals surface area contributed by atoms with Gasteiger partial charge in [0, 0.05) is 31.5 Å². The maximum Gasteiger partial charge on any atom is 0.256 e. The Hall–Kier alpha value is -2.19. The molecule has 0 aliphatic carbocycles. The van der Waals surface area contributed by atoms with E-state index in [0.29, 0.717) is 51.0 Å². The van der Waals surface area contributed by atoms with E-state index >= 15 is 0 Å². The van der Waals surface area contributed by atoms with E-state index in [9.17, 15) is 9.18 Å². The summed E-state index contributed by atoms with van der Waals surface area (Å²) in [6.45, 7) is 3.29. The van der Waals surface area contributed by atoms with Crippen LogP contribution in [0, 0.1) is 17.2 Å². The average Bonchev–Trinajstić information content (AvgIpc) is 3.28. The average molecular weight is 451 g/mol. The van der Waals surface area contributed by atoms with Crippen LogP contribution in [-0.2, 0) is 15.9 Å². The van der Waals surface area contributed by atoms with Crippen molar-refractivity contribution in [1.82, 2.24) is 4.90 Å². The molecule has 4 rings (SSSR count). The summed E-state index contributed by atoms with van der Waals surface area (Å²) in [6.07, 6.45) is 0.794. The van der Waals surface area contributed by atoms with Gasteiger partial charge in [-0.1, -0.05) is 12.1 Å². The summed E-state index contributed by atoms with van der Waals surface area (Å²) in [7, 11) is 1.65. The van der Waals surface area contributed by atoms with Crippen LogP contribution in [0.5, 0.6) is 11.5 Å². The van der Waals surface area contributed by atoms with Gasteiger partial charge in [-0.25, -0.2) is 4.39 Å². The van der Waals surface area contributed by atoms with Crippen LogP contribution in [0.25, 0.3) is 0 Å². The SMILES string of the molecule is COC[C@@]12COC[C@@H]1CN(C(=O)c1cc(Oc3ccc(CCN)cc3)ccc1F)C2.Cl. The van der Waals surface area contributed by atoms with Crippen molar-refractivity contribution in [3.8, 4) is 11.5 Å². The largest absolute Gasteiger partial charge is 0.457 e. The molecule has 2 atom stereocenters. The lowest BCUT2D eigenvalue weighted by Crippen LogP contribution is -2.37. The predicted octanol–water partition coefficient (Wildman–Crippen LogP) is 3.28. The van der Waals surface area contributed by atoms with Gasteiger partial charge in [0.25, 0.3) is 5.91 Å². The summed E-state index contributed by atoms with van der Waals surface area (Å²) >= 11 is 0. The number of fused-ring (bicyclic) bond motifs is 1. The molecule has 2 heterocycles. The molecule has 0 unspecified atom stereocenters. The molecule has 1 amide bonds. The van der Waals surface area contributed by atoms with Crippen LogP contribution in [0.1, 0.15) is 15.9 Å². The van der Waals surface area contributed by atoms with Crippen molar-refractivity contribution < 1.29 is 23.4 Å². The van der Waals surface area contributed by atoms with Gasteiger partial charge in [0.1, 0.15) is 17.3 Å². The second-order valence-electron chi connectivity index (χ2n) is 8.12. The molecule has 8 heteroatoms. The maximum atomic E-state index is 14.5. The molecule has 2 N–H and O–H groups in total. The molecule has 2 fully saturated rings. The Bertz CT molecular complexity index is 911. The van der Waals surface area contributed by atoms with Gasteiger partial charge >= 0.3 is 0 Å². The van der Waals surface area contributed by atoms with E-state index in [1.807, 2.05) is 24.3 Å². The van der Waals surface area contributed by atoms with Crippen LogP contribution >= 0.6 is 12.4 Å². The number of ether oxygens (including phenoxy) is 3. The minimum Gasteiger partial charge on any atom is -0.457 e. The molecule has 168 valence electrons. The maximum absolute atomic E-state index is 14.5. The first-order chi connectivity index (χ1) is 14.5. The zero-order valence-electron chi connectivity index (χ0n) is 17.5. The van der Waals surface area contributed by atoms with E-state index in [2.05, 4.69) is 0 Å². The number of nitrogens with zero attached hydrogens (tertiary/aromatic N) is 1. The first kappa shape index (κ1) is 23.5. The second-order valence-corrected chi connectivity index (χ2v) is 8.12. The minimum absolute atomic E-state index is 0. The molecule has 2 aliphatic heterocycles. The molecule has 0 spiro atoms. The molecule has 0 saturated carbocycles. The number of rotatable bonds is 7. The minimum atomic E-state index is -0.556. The summed E-state index contributed by atoms with van der Waals surface area (Å²) < 4.78 is 31.4. The third-order valence-electron chi connectivity index (χ3n) is 6.00. The van der Waals surface area contributed by atoms with E-state index in [1.54, 1.807) is 12.0 Å². The fourth-order valence-corrected chi connectivity index (χ4v) is 4.41. The zero-order valence-corrected chi connectivity index (χ0v) is 18.3. The highest BCUT2D eigenvalue weighted by atomic mass is 35.5. The first-order valence-corrected chi connectivity index (χ1v) is 10.2. The number of halogens is 2. The molecule has 2 aromatic carbocycles. The molecular formula is C23H28ClFN2O4. The predicted molar refractivity (Wildman–Crippen MR) is 117 cm³/mol. The number of likely N-dealkylation sites (tertiary alicyclic amines) is 1. The van der Waals surface area contributed by atoms with E-state index in [-0.39, 0.29) is 35.2 Å². The lowest BCUT2D eigenvalue weighted by molar-refractivity contribution is 0.0487. The molecule has 0 radical (unpaired) electrons. The molecular weight excluding hydrogens is 423 g/mol. The topological polar surface area (TPSA) is 74.0 Å². The summed E-state index contributed by atoms with van der Waals surface area (Å²) in [6, 6.07) is 11.8. The van der Waals surface area contributed by atoms with Gasteiger partial charge in [0.15, 0.2) is 0 Å². The Balaban J connectivity index is 0.00000272. The lowest BCUT2D eigenvalue weighted by atomic mass is 9.82. The summed E-state index contributed by atoms with van der Waals surface area (Å²) in [4.78, 5) is 14.8. The van der Waals surface area contributed by atoms with Crippen LogP contribution < -0.4 is 10.5 Å². The fraction of sp³-hybridized carbons (Fsp3) is 0.435. The Kier molecular flexibility index (Phi) is 7.54. The third-order valence-corrected chi connectivity index (χ3v) is 6.00. The fourth-order valence-electron chi connectivity index (χ4n) is 4.41. The normalized spacial score (nSPS) is 22.2. The van der Waals surface area contributed by atoms with Crippen LogP contribution in [0.15, 0.2) is 42.5 Å². The van der Waals surface area contributed by atoms with E-state index < -0.39 is 5.82 Å². The van der Waals surface area contributed by atoms with Gasteiger partial charge in [-0.3, -0.25) is 4.79 Å². The van der Waals surface area contributed by atoms with Gasteiger partial charge in [-0.2, -0.15) is 0 Å². The van der Waals surface area contributed by atoms with E-state index in [4.69, 9.17) is 19.9 Å². The van der Waals surface area contributed by atoms with Gasteiger partial charge in [0.05, 0.1) is 25.4 Å². The number of nitrogens with two attached hydrogens (primary N) is 1. The van der Waals surface area contributed by atoms with Crippen molar-refractivity contribution in [2.75, 3.05) is 46.6 Å². The zero-order chi connectivity index (χ0) is 21.1. The standard InChI is InChI=1S/C23H27FN2O4.ClH/c1-28-14-23-13-26(11-17(23)12-29-15-23)22(27)20-10-19(6-7-21(20)24)30-18-4-2-16(3-5-18)8-9-25;/h2-7,10,17H,8-9,11-15,25H2,1H3;1H/t17-,23-;/m0./s1. The van der Waals surface area contributed by atoms with Crippen molar-refractivity contribution >= 4 is 18.3 Å². The van der Waals surface area contributed by atoms with Gasteiger partial charge in [0.2, 0.25) is 0 Å². The molecule has 31 heavy (non-hydrogen) atoms. The summed E-state index contributed by atoms with van der Waals surface area (Å²) in [5, 5.41) is 0. The number of methoxy groups -OCH3 is 1. The van der Waals surface area contributed by atoms with Gasteiger partial charge in [-0.15, -0.1) is 12.4 Å². The van der Waals surface area contributed by atoms with Crippen molar-refractivity contribution in [3.63, 3.8) is 0 Å². The smallest absolute Gasteiger partial charge is 0.256 e. The number of benzene rings is 2. The van der Waals surface area contributed by atoms with Crippen molar-refractivity contribution in [1.29, 1.82) is 0 Å². The highest BCUT2D eigenvalue weighted by molar-refractivity contribution is 5.95. The number of carbonyl (C=O) groups is 1. The molecule has 6 nitrogen and oxygen atoms in total. The van der Waals surface area contributed by atoms with E-state index in [0.717, 1.165) is 12.0 Å². The highest BCUT2D eigenvalue weighted by Gasteiger charge is 2.52. The number of carbonyl (C=O) groups excluding carboxylic acids is 1. The molecule has 2 aromatic rings. The second kappa shape index (κ2) is 9.96. The van der Waals surface area contributed by atoms with Crippen LogP contribution in [0.3, 0.4) is 0 Å². The van der Waals surface area contributed by atoms with E-state index in [1.165, 1.54) is 18.2 Å². The molecule has 2 aliphatic rings. The number of hydrogen-bond acceptors (Lipinski definition) is 5. The Morgan fingerprint density at radius 2 is 2.00 bits per heavy atom. The highest BCUT2D eigenvalue weighted by Crippen LogP contribution is 2.42. The molecule has 2 saturated heterocycles. The number of hydrogen-bond donors (Lipinski definition) is 1. The third kappa shape index (κ3) is 4.85. The Labute approximate surface area is 187 Å². The Morgan fingerprint density at radius 1 is 1.26 bits per heavy atom. The van der Waals surface area contributed by atoms with Crippen molar-refractivity contribution in [2.24, 2.45) is 17.1 Å². The number of amides is 1. The van der Waals surface area contributed by atoms with Crippen molar-refractivity contribution in [3.05, 3.63) is 59.4 Å².